The van der Waals surface area contributed by atoms with Crippen LogP contribution < -0.4 is 0 Å². The summed E-state index contributed by atoms with van der Waals surface area (Å²) in [6, 6.07) is 17.1. The molecule has 0 N–H and O–H groups in total. The first-order chi connectivity index (χ1) is 8.56. The largest absolute Gasteiger partial charge is 0.363 e. The van der Waals surface area contributed by atoms with Crippen molar-refractivity contribution in [2.45, 2.75) is 32.5 Å². The minimum atomic E-state index is -0.144. The predicted molar refractivity (Wildman–Crippen MR) is 74.6 cm³/mol. The van der Waals surface area contributed by atoms with Crippen LogP contribution in [0.2, 0.25) is 0 Å². The Balaban J connectivity index is 2.15. The second kappa shape index (κ2) is 3.96. The summed E-state index contributed by atoms with van der Waals surface area (Å²) in [5.74, 6) is 0. The molecule has 0 saturated heterocycles. The second-order valence-electron chi connectivity index (χ2n) is 5.78. The molecule has 1 nitrogen and oxygen atoms in total. The van der Waals surface area contributed by atoms with Gasteiger partial charge in [0.15, 0.2) is 0 Å². The van der Waals surface area contributed by atoms with Crippen LogP contribution in [0.4, 0.5) is 0 Å². The maximum atomic E-state index is 6.25. The van der Waals surface area contributed by atoms with Gasteiger partial charge >= 0.3 is 0 Å². The average Bonchev–Trinajstić information content (AvgIpc) is 2.64. The van der Waals surface area contributed by atoms with Gasteiger partial charge in [-0.25, -0.2) is 0 Å². The van der Waals surface area contributed by atoms with Crippen LogP contribution >= 0.6 is 0 Å². The van der Waals surface area contributed by atoms with Crippen LogP contribution in [0.15, 0.2) is 48.5 Å². The molecule has 3 rings (SSSR count). The Morgan fingerprint density at radius 1 is 0.778 bits per heavy atom. The highest BCUT2D eigenvalue weighted by Gasteiger charge is 2.31. The van der Waals surface area contributed by atoms with E-state index < -0.39 is 0 Å². The average molecular weight is 238 g/mol. The minimum absolute atomic E-state index is 0.0670. The van der Waals surface area contributed by atoms with E-state index in [0.29, 0.717) is 0 Å². The molecule has 0 saturated carbocycles. The molecule has 2 aromatic rings. The SMILES string of the molecule is CC(C)(C)OC1c2ccccc2-c2ccccc21. The highest BCUT2D eigenvalue weighted by atomic mass is 16.5. The van der Waals surface area contributed by atoms with Crippen LogP contribution in [-0.4, -0.2) is 5.60 Å². The molecule has 2 aromatic carbocycles. The molecule has 0 atom stereocenters. The summed E-state index contributed by atoms with van der Waals surface area (Å²) in [6.07, 6.45) is 0.0670. The summed E-state index contributed by atoms with van der Waals surface area (Å²) < 4.78 is 6.25. The fraction of sp³-hybridized carbons (Fsp3) is 0.294. The first kappa shape index (κ1) is 11.5. The monoisotopic (exact) mass is 238 g/mol. The number of hydrogen-bond donors (Lipinski definition) is 0. The number of fused-ring (bicyclic) bond motifs is 3. The summed E-state index contributed by atoms with van der Waals surface area (Å²) in [4.78, 5) is 0. The van der Waals surface area contributed by atoms with E-state index in [-0.39, 0.29) is 11.7 Å². The quantitative estimate of drug-likeness (QED) is 0.707. The first-order valence-electron chi connectivity index (χ1n) is 6.42. The summed E-state index contributed by atoms with van der Waals surface area (Å²) in [5, 5.41) is 0. The lowest BCUT2D eigenvalue weighted by Gasteiger charge is -2.26. The van der Waals surface area contributed by atoms with E-state index in [4.69, 9.17) is 4.74 Å². The first-order valence-corrected chi connectivity index (χ1v) is 6.42. The Hall–Kier alpha value is -1.60. The van der Waals surface area contributed by atoms with E-state index in [2.05, 4.69) is 69.3 Å². The Kier molecular flexibility index (Phi) is 2.53. The minimum Gasteiger partial charge on any atom is -0.363 e. The van der Waals surface area contributed by atoms with Gasteiger partial charge < -0.3 is 4.74 Å². The molecule has 0 aromatic heterocycles. The van der Waals surface area contributed by atoms with Gasteiger partial charge in [-0.2, -0.15) is 0 Å². The highest BCUT2D eigenvalue weighted by Crippen LogP contribution is 2.46. The summed E-state index contributed by atoms with van der Waals surface area (Å²) in [5.41, 5.74) is 5.04. The lowest BCUT2D eigenvalue weighted by atomic mass is 10.1. The maximum Gasteiger partial charge on any atom is 0.109 e. The molecule has 0 unspecified atom stereocenters. The van der Waals surface area contributed by atoms with E-state index in [9.17, 15) is 0 Å². The van der Waals surface area contributed by atoms with Crippen LogP contribution in [-0.2, 0) is 4.74 Å². The zero-order valence-corrected chi connectivity index (χ0v) is 11.1. The van der Waals surface area contributed by atoms with Crippen molar-refractivity contribution in [1.82, 2.24) is 0 Å². The number of rotatable bonds is 1. The third kappa shape index (κ3) is 1.85. The smallest absolute Gasteiger partial charge is 0.109 e. The molecule has 1 aliphatic rings. The van der Waals surface area contributed by atoms with Gasteiger partial charge in [0.05, 0.1) is 5.60 Å². The van der Waals surface area contributed by atoms with Crippen molar-refractivity contribution in [3.63, 3.8) is 0 Å². The van der Waals surface area contributed by atoms with Gasteiger partial charge in [0.25, 0.3) is 0 Å². The van der Waals surface area contributed by atoms with Gasteiger partial charge in [-0.15, -0.1) is 0 Å². The summed E-state index contributed by atoms with van der Waals surface area (Å²) >= 11 is 0. The molecule has 18 heavy (non-hydrogen) atoms. The van der Waals surface area contributed by atoms with Gasteiger partial charge in [0, 0.05) is 0 Å². The fourth-order valence-corrected chi connectivity index (χ4v) is 2.59. The lowest BCUT2D eigenvalue weighted by molar-refractivity contribution is -0.0410. The van der Waals surface area contributed by atoms with Crippen molar-refractivity contribution < 1.29 is 4.74 Å². The van der Waals surface area contributed by atoms with Crippen molar-refractivity contribution >= 4 is 0 Å². The zero-order chi connectivity index (χ0) is 12.8. The Morgan fingerprint density at radius 2 is 1.22 bits per heavy atom. The van der Waals surface area contributed by atoms with Crippen molar-refractivity contribution in [1.29, 1.82) is 0 Å². The molecule has 0 amide bonds. The van der Waals surface area contributed by atoms with Gasteiger partial charge in [-0.1, -0.05) is 48.5 Å². The van der Waals surface area contributed by atoms with Gasteiger partial charge in [0.2, 0.25) is 0 Å². The van der Waals surface area contributed by atoms with Gasteiger partial charge in [-0.05, 0) is 43.0 Å². The molecule has 1 heteroatoms. The Labute approximate surface area is 108 Å². The van der Waals surface area contributed by atoms with Crippen molar-refractivity contribution in [3.05, 3.63) is 59.7 Å². The molecule has 0 radical (unpaired) electrons. The third-order valence-corrected chi connectivity index (χ3v) is 3.25. The number of benzene rings is 2. The third-order valence-electron chi connectivity index (χ3n) is 3.25. The van der Waals surface area contributed by atoms with E-state index in [0.717, 1.165) is 0 Å². The second-order valence-corrected chi connectivity index (χ2v) is 5.78. The zero-order valence-electron chi connectivity index (χ0n) is 11.1. The van der Waals surface area contributed by atoms with Crippen molar-refractivity contribution in [2.24, 2.45) is 0 Å². The topological polar surface area (TPSA) is 9.23 Å². The van der Waals surface area contributed by atoms with E-state index in [1.807, 2.05) is 0 Å². The number of hydrogen-bond acceptors (Lipinski definition) is 1. The summed E-state index contributed by atoms with van der Waals surface area (Å²) in [6.45, 7) is 6.32. The standard InChI is InChI=1S/C17H18O/c1-17(2,3)18-16-14-10-6-4-8-12(14)13-9-5-7-11-15(13)16/h4-11,16H,1-3H3. The van der Waals surface area contributed by atoms with Crippen LogP contribution in [0.25, 0.3) is 11.1 Å². The molecule has 0 heterocycles. The molecule has 0 fully saturated rings. The normalized spacial score (nSPS) is 14.4. The molecule has 92 valence electrons. The fourth-order valence-electron chi connectivity index (χ4n) is 2.59. The molecule has 0 bridgehead atoms. The maximum absolute atomic E-state index is 6.25. The molecule has 1 aliphatic carbocycles. The van der Waals surface area contributed by atoms with Crippen molar-refractivity contribution in [2.75, 3.05) is 0 Å². The van der Waals surface area contributed by atoms with E-state index in [1.54, 1.807) is 0 Å². The Bertz CT molecular complexity index is 533. The Morgan fingerprint density at radius 3 is 1.67 bits per heavy atom. The van der Waals surface area contributed by atoms with Crippen LogP contribution in [0, 0.1) is 0 Å². The molecule has 0 spiro atoms. The van der Waals surface area contributed by atoms with Crippen LogP contribution in [0.1, 0.15) is 38.0 Å². The van der Waals surface area contributed by atoms with Gasteiger partial charge in [-0.3, -0.25) is 0 Å². The molecular weight excluding hydrogens is 220 g/mol. The predicted octanol–water partition coefficient (Wildman–Crippen LogP) is 4.57. The number of ether oxygens (including phenoxy) is 1. The van der Waals surface area contributed by atoms with E-state index in [1.165, 1.54) is 22.3 Å². The van der Waals surface area contributed by atoms with Crippen LogP contribution in [0.5, 0.6) is 0 Å². The lowest BCUT2D eigenvalue weighted by Crippen LogP contribution is -2.22. The molecule has 0 aliphatic heterocycles. The highest BCUT2D eigenvalue weighted by molar-refractivity contribution is 5.78. The van der Waals surface area contributed by atoms with Crippen molar-refractivity contribution in [3.8, 4) is 11.1 Å². The van der Waals surface area contributed by atoms with Gasteiger partial charge in [0.1, 0.15) is 6.10 Å². The molecular formula is C17H18O. The summed E-state index contributed by atoms with van der Waals surface area (Å²) in [7, 11) is 0. The van der Waals surface area contributed by atoms with E-state index >= 15 is 0 Å². The van der Waals surface area contributed by atoms with Crippen LogP contribution in [0.3, 0.4) is 0 Å².